The van der Waals surface area contributed by atoms with E-state index in [4.69, 9.17) is 4.42 Å². The zero-order chi connectivity index (χ0) is 12.4. The molecule has 0 aromatic carbocycles. The maximum atomic E-state index is 10.9. The molecule has 0 aliphatic carbocycles. The van der Waals surface area contributed by atoms with Crippen molar-refractivity contribution in [2.45, 2.75) is 19.0 Å². The van der Waals surface area contributed by atoms with Gasteiger partial charge in [-0.25, -0.2) is 0 Å². The van der Waals surface area contributed by atoms with Gasteiger partial charge in [0.25, 0.3) is 0 Å². The van der Waals surface area contributed by atoms with E-state index < -0.39 is 0 Å². The Morgan fingerprint density at radius 2 is 2.29 bits per heavy atom. The predicted octanol–water partition coefficient (Wildman–Crippen LogP) is 2.06. The molecule has 0 radical (unpaired) electrons. The Hall–Kier alpha value is -1.56. The number of nitrogens with zero attached hydrogens (tertiary/aromatic N) is 3. The number of ketones is 1. The van der Waals surface area contributed by atoms with E-state index in [1.807, 2.05) is 24.6 Å². The molecule has 17 heavy (non-hydrogen) atoms. The second-order valence-corrected chi connectivity index (χ2v) is 4.69. The molecule has 5 nitrogen and oxygen atoms in total. The molecule has 2 rings (SSSR count). The van der Waals surface area contributed by atoms with Crippen molar-refractivity contribution in [2.24, 2.45) is 7.05 Å². The first-order valence-corrected chi connectivity index (χ1v) is 6.14. The number of furan rings is 1. The summed E-state index contributed by atoms with van der Waals surface area (Å²) in [6, 6.07) is 1.86. The van der Waals surface area contributed by atoms with Gasteiger partial charge in [0, 0.05) is 7.05 Å². The Morgan fingerprint density at radius 3 is 2.88 bits per heavy atom. The molecular formula is C11H13N3O2S. The van der Waals surface area contributed by atoms with Gasteiger partial charge in [0.15, 0.2) is 11.0 Å². The summed E-state index contributed by atoms with van der Waals surface area (Å²) in [6.45, 7) is 3.44. The summed E-state index contributed by atoms with van der Waals surface area (Å²) in [5.74, 6) is 2.10. The van der Waals surface area contributed by atoms with Crippen LogP contribution in [-0.4, -0.2) is 26.3 Å². The summed E-state index contributed by atoms with van der Waals surface area (Å²) < 4.78 is 7.11. The van der Waals surface area contributed by atoms with Gasteiger partial charge in [-0.05, 0) is 19.9 Å². The molecule has 0 N–H and O–H groups in total. The van der Waals surface area contributed by atoms with Crippen LogP contribution in [0.25, 0.3) is 11.4 Å². The van der Waals surface area contributed by atoms with Crippen LogP contribution in [0.4, 0.5) is 0 Å². The third-order valence-electron chi connectivity index (χ3n) is 2.34. The summed E-state index contributed by atoms with van der Waals surface area (Å²) in [7, 11) is 1.88. The molecule has 0 aliphatic heterocycles. The van der Waals surface area contributed by atoms with Crippen LogP contribution in [0.2, 0.25) is 0 Å². The largest absolute Gasteiger partial charge is 0.469 e. The second kappa shape index (κ2) is 4.75. The number of hydrogen-bond donors (Lipinski definition) is 0. The van der Waals surface area contributed by atoms with Gasteiger partial charge in [-0.15, -0.1) is 10.2 Å². The molecule has 0 saturated carbocycles. The average molecular weight is 251 g/mol. The molecule has 2 heterocycles. The van der Waals surface area contributed by atoms with Crippen molar-refractivity contribution in [2.75, 3.05) is 5.75 Å². The Balaban J connectivity index is 2.27. The highest BCUT2D eigenvalue weighted by atomic mass is 32.2. The van der Waals surface area contributed by atoms with Crippen molar-refractivity contribution in [3.8, 4) is 11.4 Å². The number of aromatic nitrogens is 3. The lowest BCUT2D eigenvalue weighted by atomic mass is 10.2. The molecule has 0 aliphatic rings. The van der Waals surface area contributed by atoms with E-state index >= 15 is 0 Å². The Labute approximate surface area is 103 Å². The fraction of sp³-hybridized carbons (Fsp3) is 0.364. The maximum Gasteiger partial charge on any atom is 0.191 e. The van der Waals surface area contributed by atoms with Crippen LogP contribution >= 0.6 is 11.8 Å². The second-order valence-electron chi connectivity index (χ2n) is 3.75. The molecule has 0 fully saturated rings. The first-order valence-electron chi connectivity index (χ1n) is 5.15. The van der Waals surface area contributed by atoms with Crippen LogP contribution in [0.3, 0.4) is 0 Å². The van der Waals surface area contributed by atoms with E-state index in [0.29, 0.717) is 5.75 Å². The fourth-order valence-corrected chi connectivity index (χ4v) is 2.17. The van der Waals surface area contributed by atoms with E-state index in [-0.39, 0.29) is 5.78 Å². The first kappa shape index (κ1) is 11.9. The molecular weight excluding hydrogens is 238 g/mol. The quantitative estimate of drug-likeness (QED) is 0.778. The normalized spacial score (nSPS) is 10.8. The van der Waals surface area contributed by atoms with E-state index in [2.05, 4.69) is 10.2 Å². The van der Waals surface area contributed by atoms with E-state index in [9.17, 15) is 4.79 Å². The minimum atomic E-state index is 0.124. The lowest BCUT2D eigenvalue weighted by Gasteiger charge is -2.01. The SMILES string of the molecule is CC(=O)CSc1nnc(-c2ccoc2C)n1C. The lowest BCUT2D eigenvalue weighted by molar-refractivity contribution is -0.114. The van der Waals surface area contributed by atoms with Gasteiger partial charge >= 0.3 is 0 Å². The third kappa shape index (κ3) is 2.41. The van der Waals surface area contributed by atoms with Crippen LogP contribution in [0.1, 0.15) is 12.7 Å². The monoisotopic (exact) mass is 251 g/mol. The zero-order valence-corrected chi connectivity index (χ0v) is 10.7. The van der Waals surface area contributed by atoms with Gasteiger partial charge < -0.3 is 8.98 Å². The number of hydrogen-bond acceptors (Lipinski definition) is 5. The lowest BCUT2D eigenvalue weighted by Crippen LogP contribution is -1.98. The molecule has 0 saturated heterocycles. The summed E-state index contributed by atoms with van der Waals surface area (Å²) in [5.41, 5.74) is 0.926. The zero-order valence-electron chi connectivity index (χ0n) is 9.93. The van der Waals surface area contributed by atoms with Gasteiger partial charge in [-0.3, -0.25) is 4.79 Å². The van der Waals surface area contributed by atoms with E-state index in [1.165, 1.54) is 11.8 Å². The first-order chi connectivity index (χ1) is 8.09. The minimum Gasteiger partial charge on any atom is -0.469 e. The molecule has 0 spiro atoms. The number of Topliss-reactive ketones (excluding diaryl/α,β-unsaturated/α-hetero) is 1. The van der Waals surface area contributed by atoms with Crippen LogP contribution in [0, 0.1) is 6.92 Å². The molecule has 0 atom stereocenters. The molecule has 2 aromatic rings. The van der Waals surface area contributed by atoms with E-state index in [1.54, 1.807) is 13.2 Å². The molecule has 0 bridgehead atoms. The number of thioether (sulfide) groups is 1. The van der Waals surface area contributed by atoms with Crippen molar-refractivity contribution in [1.82, 2.24) is 14.8 Å². The molecule has 0 amide bonds. The van der Waals surface area contributed by atoms with Gasteiger partial charge in [0.1, 0.15) is 11.5 Å². The van der Waals surface area contributed by atoms with Gasteiger partial charge in [-0.1, -0.05) is 11.8 Å². The summed E-state index contributed by atoms with van der Waals surface area (Å²) in [6.07, 6.45) is 1.63. The van der Waals surface area contributed by atoms with Crippen molar-refractivity contribution in [3.63, 3.8) is 0 Å². The van der Waals surface area contributed by atoms with Crippen molar-refractivity contribution in [3.05, 3.63) is 18.1 Å². The summed E-state index contributed by atoms with van der Waals surface area (Å²) in [5, 5.41) is 8.92. The topological polar surface area (TPSA) is 60.9 Å². The van der Waals surface area contributed by atoms with Crippen LogP contribution in [-0.2, 0) is 11.8 Å². The fourth-order valence-electron chi connectivity index (χ4n) is 1.46. The third-order valence-corrected chi connectivity index (χ3v) is 3.50. The van der Waals surface area contributed by atoms with E-state index in [0.717, 1.165) is 22.3 Å². The summed E-state index contributed by atoms with van der Waals surface area (Å²) >= 11 is 1.39. The number of rotatable bonds is 4. The van der Waals surface area contributed by atoms with Crippen LogP contribution < -0.4 is 0 Å². The van der Waals surface area contributed by atoms with Crippen LogP contribution in [0.15, 0.2) is 21.9 Å². The van der Waals surface area contributed by atoms with Crippen molar-refractivity contribution >= 4 is 17.5 Å². The van der Waals surface area contributed by atoms with Gasteiger partial charge in [0.05, 0.1) is 17.6 Å². The van der Waals surface area contributed by atoms with Gasteiger partial charge in [-0.2, -0.15) is 0 Å². The standard InChI is InChI=1S/C11H13N3O2S/c1-7(15)6-17-11-13-12-10(14(11)3)9-4-5-16-8(9)2/h4-5H,6H2,1-3H3. The van der Waals surface area contributed by atoms with Crippen LogP contribution in [0.5, 0.6) is 0 Å². The maximum absolute atomic E-state index is 10.9. The highest BCUT2D eigenvalue weighted by Gasteiger charge is 2.14. The number of carbonyl (C=O) groups is 1. The highest BCUT2D eigenvalue weighted by molar-refractivity contribution is 7.99. The number of carbonyl (C=O) groups excluding carboxylic acids is 1. The average Bonchev–Trinajstić information content (AvgIpc) is 2.82. The smallest absolute Gasteiger partial charge is 0.191 e. The Bertz CT molecular complexity index is 545. The molecule has 6 heteroatoms. The highest BCUT2D eigenvalue weighted by Crippen LogP contribution is 2.25. The molecule has 90 valence electrons. The van der Waals surface area contributed by atoms with Gasteiger partial charge in [0.2, 0.25) is 0 Å². The van der Waals surface area contributed by atoms with Crippen molar-refractivity contribution < 1.29 is 9.21 Å². The summed E-state index contributed by atoms with van der Waals surface area (Å²) in [4.78, 5) is 10.9. The Kier molecular flexibility index (Phi) is 3.33. The minimum absolute atomic E-state index is 0.124. The molecule has 0 unspecified atom stereocenters. The number of aryl methyl sites for hydroxylation is 1. The molecule has 2 aromatic heterocycles. The predicted molar refractivity (Wildman–Crippen MR) is 64.8 cm³/mol. The Morgan fingerprint density at radius 1 is 1.53 bits per heavy atom. The van der Waals surface area contributed by atoms with Crippen molar-refractivity contribution in [1.29, 1.82) is 0 Å².